The van der Waals surface area contributed by atoms with Crippen molar-refractivity contribution in [2.24, 2.45) is 0 Å². The van der Waals surface area contributed by atoms with Crippen molar-refractivity contribution in [2.45, 2.75) is 71.9 Å². The average Bonchev–Trinajstić information content (AvgIpc) is 3.11. The number of nitrogens with one attached hydrogen (secondary N) is 1. The molecule has 0 bridgehead atoms. The molecule has 0 aliphatic carbocycles. The van der Waals surface area contributed by atoms with Crippen molar-refractivity contribution >= 4 is 11.5 Å². The molecule has 1 fully saturated rings. The number of aromatic nitrogens is 5. The Morgan fingerprint density at radius 3 is 2.66 bits per heavy atom. The molecule has 4 rings (SSSR count). The standard InChI is InChI=1S/C24H35N7O/c1-17-14-21(31-22(26-17)15-18(2)27-31)25-16-19-8-6-7-11-29(19)12-13-30-23(32)10-9-20(28-30)24(3,4)5/h9-10,14-15,19,25H,6-8,11-13,16H2,1-5H3. The first kappa shape index (κ1) is 22.5. The second-order valence-corrected chi connectivity index (χ2v) is 9.93. The molecule has 0 amide bonds. The van der Waals surface area contributed by atoms with Gasteiger partial charge >= 0.3 is 0 Å². The van der Waals surface area contributed by atoms with Gasteiger partial charge in [-0.1, -0.05) is 27.2 Å². The van der Waals surface area contributed by atoms with E-state index in [1.165, 1.54) is 12.8 Å². The lowest BCUT2D eigenvalue weighted by Gasteiger charge is -2.36. The van der Waals surface area contributed by atoms with Gasteiger partial charge in [0.2, 0.25) is 0 Å². The smallest absolute Gasteiger partial charge is 0.266 e. The van der Waals surface area contributed by atoms with Gasteiger partial charge in [0.15, 0.2) is 5.65 Å². The van der Waals surface area contributed by atoms with Crippen LogP contribution in [-0.2, 0) is 12.0 Å². The van der Waals surface area contributed by atoms with Crippen LogP contribution in [0.15, 0.2) is 29.1 Å². The summed E-state index contributed by atoms with van der Waals surface area (Å²) in [5, 5.41) is 12.8. The van der Waals surface area contributed by atoms with Gasteiger partial charge < -0.3 is 5.32 Å². The first-order valence-corrected chi connectivity index (χ1v) is 11.6. The minimum atomic E-state index is -0.0775. The van der Waals surface area contributed by atoms with Crippen molar-refractivity contribution in [3.8, 4) is 0 Å². The fourth-order valence-corrected chi connectivity index (χ4v) is 4.38. The lowest BCUT2D eigenvalue weighted by atomic mass is 9.92. The van der Waals surface area contributed by atoms with Crippen molar-refractivity contribution in [3.63, 3.8) is 0 Å². The molecule has 3 aromatic rings. The zero-order chi connectivity index (χ0) is 22.9. The Bertz CT molecular complexity index is 1140. The first-order valence-electron chi connectivity index (χ1n) is 11.6. The summed E-state index contributed by atoms with van der Waals surface area (Å²) in [7, 11) is 0. The van der Waals surface area contributed by atoms with E-state index in [1.807, 2.05) is 36.6 Å². The van der Waals surface area contributed by atoms with Crippen molar-refractivity contribution in [2.75, 3.05) is 25.0 Å². The van der Waals surface area contributed by atoms with E-state index in [0.717, 1.165) is 54.6 Å². The molecule has 1 N–H and O–H groups in total. The van der Waals surface area contributed by atoms with Gasteiger partial charge in [-0.15, -0.1) is 0 Å². The van der Waals surface area contributed by atoms with Crippen molar-refractivity contribution in [1.82, 2.24) is 29.3 Å². The number of anilines is 1. The van der Waals surface area contributed by atoms with E-state index < -0.39 is 0 Å². The Kier molecular flexibility index (Phi) is 6.33. The maximum Gasteiger partial charge on any atom is 0.266 e. The predicted octanol–water partition coefficient (Wildman–Crippen LogP) is 3.17. The lowest BCUT2D eigenvalue weighted by Crippen LogP contribution is -2.46. The second-order valence-electron chi connectivity index (χ2n) is 9.93. The minimum Gasteiger partial charge on any atom is -0.368 e. The van der Waals surface area contributed by atoms with Crippen LogP contribution in [-0.4, -0.2) is 55.0 Å². The van der Waals surface area contributed by atoms with Gasteiger partial charge in [-0.2, -0.15) is 14.7 Å². The normalized spacial score (nSPS) is 17.7. The number of aryl methyl sites for hydroxylation is 2. The molecule has 1 saturated heterocycles. The Balaban J connectivity index is 1.45. The molecule has 32 heavy (non-hydrogen) atoms. The van der Waals surface area contributed by atoms with E-state index in [0.29, 0.717) is 12.6 Å². The molecule has 0 spiro atoms. The van der Waals surface area contributed by atoms with Crippen LogP contribution in [0.1, 0.15) is 57.1 Å². The highest BCUT2D eigenvalue weighted by atomic mass is 16.1. The van der Waals surface area contributed by atoms with Gasteiger partial charge in [-0.25, -0.2) is 9.67 Å². The number of hydrogen-bond donors (Lipinski definition) is 1. The Labute approximate surface area is 189 Å². The third kappa shape index (κ3) is 5.01. The Hall–Kier alpha value is -2.74. The summed E-state index contributed by atoms with van der Waals surface area (Å²) in [4.78, 5) is 19.4. The molecule has 1 unspecified atom stereocenters. The molecular formula is C24H35N7O. The van der Waals surface area contributed by atoms with Crippen LogP contribution in [0.3, 0.4) is 0 Å². The molecule has 8 nitrogen and oxygen atoms in total. The van der Waals surface area contributed by atoms with Crippen LogP contribution in [0.2, 0.25) is 0 Å². The van der Waals surface area contributed by atoms with E-state index in [9.17, 15) is 4.79 Å². The summed E-state index contributed by atoms with van der Waals surface area (Å²) in [6, 6.07) is 7.95. The highest BCUT2D eigenvalue weighted by Gasteiger charge is 2.23. The predicted molar refractivity (Wildman–Crippen MR) is 127 cm³/mol. The summed E-state index contributed by atoms with van der Waals surface area (Å²) in [6.07, 6.45) is 3.56. The summed E-state index contributed by atoms with van der Waals surface area (Å²) in [6.45, 7) is 13.7. The zero-order valence-corrected chi connectivity index (χ0v) is 19.9. The maximum atomic E-state index is 12.4. The molecule has 4 heterocycles. The zero-order valence-electron chi connectivity index (χ0n) is 19.9. The van der Waals surface area contributed by atoms with E-state index in [4.69, 9.17) is 0 Å². The van der Waals surface area contributed by atoms with Crippen molar-refractivity contribution in [3.05, 3.63) is 51.7 Å². The summed E-state index contributed by atoms with van der Waals surface area (Å²) in [5.74, 6) is 0.974. The van der Waals surface area contributed by atoms with Gasteiger partial charge in [0.25, 0.3) is 5.56 Å². The topological polar surface area (TPSA) is 80.4 Å². The van der Waals surface area contributed by atoms with E-state index in [2.05, 4.69) is 46.2 Å². The van der Waals surface area contributed by atoms with Gasteiger partial charge in [0, 0.05) is 48.4 Å². The van der Waals surface area contributed by atoms with Crippen LogP contribution in [0, 0.1) is 13.8 Å². The molecule has 8 heteroatoms. The third-order valence-corrected chi connectivity index (χ3v) is 6.18. The van der Waals surface area contributed by atoms with E-state index in [1.54, 1.807) is 10.7 Å². The number of piperidine rings is 1. The van der Waals surface area contributed by atoms with Gasteiger partial charge in [-0.05, 0) is 39.3 Å². The lowest BCUT2D eigenvalue weighted by molar-refractivity contribution is 0.147. The SMILES string of the molecule is Cc1cc(NCC2CCCCN2CCn2nc(C(C)(C)C)ccc2=O)n2nc(C)cc2n1. The van der Waals surface area contributed by atoms with Gasteiger partial charge in [0.1, 0.15) is 5.82 Å². The van der Waals surface area contributed by atoms with Gasteiger partial charge in [0.05, 0.1) is 17.9 Å². The quantitative estimate of drug-likeness (QED) is 0.638. The molecule has 0 radical (unpaired) electrons. The molecule has 1 aliphatic rings. The molecule has 1 aliphatic heterocycles. The summed E-state index contributed by atoms with van der Waals surface area (Å²) < 4.78 is 3.51. The number of nitrogens with zero attached hydrogens (tertiary/aromatic N) is 6. The third-order valence-electron chi connectivity index (χ3n) is 6.18. The second kappa shape index (κ2) is 9.02. The van der Waals surface area contributed by atoms with Crippen molar-refractivity contribution < 1.29 is 0 Å². The average molecular weight is 438 g/mol. The largest absolute Gasteiger partial charge is 0.368 e. The number of hydrogen-bond acceptors (Lipinski definition) is 6. The highest BCUT2D eigenvalue weighted by Crippen LogP contribution is 2.20. The molecule has 3 aromatic heterocycles. The number of fused-ring (bicyclic) bond motifs is 1. The van der Waals surface area contributed by atoms with E-state index >= 15 is 0 Å². The van der Waals surface area contributed by atoms with E-state index in [-0.39, 0.29) is 11.0 Å². The Morgan fingerprint density at radius 2 is 1.88 bits per heavy atom. The molecule has 172 valence electrons. The van der Waals surface area contributed by atoms with Crippen molar-refractivity contribution in [1.29, 1.82) is 0 Å². The highest BCUT2D eigenvalue weighted by molar-refractivity contribution is 5.50. The molecule has 0 saturated carbocycles. The first-order chi connectivity index (χ1) is 15.2. The monoisotopic (exact) mass is 437 g/mol. The van der Waals surface area contributed by atoms with Gasteiger partial charge in [-0.3, -0.25) is 9.69 Å². The fourth-order valence-electron chi connectivity index (χ4n) is 4.38. The van der Waals surface area contributed by atoms with Crippen LogP contribution in [0.4, 0.5) is 5.82 Å². The fraction of sp³-hybridized carbons (Fsp3) is 0.583. The molecular weight excluding hydrogens is 402 g/mol. The van der Waals surface area contributed by atoms with Crippen LogP contribution < -0.4 is 10.9 Å². The summed E-state index contributed by atoms with van der Waals surface area (Å²) >= 11 is 0. The summed E-state index contributed by atoms with van der Waals surface area (Å²) in [5.41, 5.74) is 3.64. The number of rotatable bonds is 6. The molecule has 0 aromatic carbocycles. The van der Waals surface area contributed by atoms with Crippen LogP contribution in [0.5, 0.6) is 0 Å². The van der Waals surface area contributed by atoms with Crippen LogP contribution >= 0.6 is 0 Å². The minimum absolute atomic E-state index is 0.0339. The molecule has 1 atom stereocenters. The maximum absolute atomic E-state index is 12.4. The Morgan fingerprint density at radius 1 is 1.06 bits per heavy atom. The van der Waals surface area contributed by atoms with Crippen LogP contribution in [0.25, 0.3) is 5.65 Å². The number of likely N-dealkylation sites (tertiary alicyclic amines) is 1.